The number of piperidine rings is 1. The molecule has 2 aliphatic rings. The average molecular weight is 288 g/mol. The third-order valence-corrected chi connectivity index (χ3v) is 4.42. The molecule has 3 rings (SSSR count). The lowest BCUT2D eigenvalue weighted by atomic mass is 10.1. The second kappa shape index (κ2) is 6.58. The number of aliphatic hydroxyl groups excluding tert-OH is 1. The van der Waals surface area contributed by atoms with Gasteiger partial charge >= 0.3 is 0 Å². The van der Waals surface area contributed by atoms with Gasteiger partial charge in [-0.3, -0.25) is 9.69 Å². The normalized spacial score (nSPS) is 20.4. The molecule has 1 aromatic carbocycles. The van der Waals surface area contributed by atoms with Crippen molar-refractivity contribution in [1.82, 2.24) is 9.80 Å². The van der Waals surface area contributed by atoms with Crippen molar-refractivity contribution in [2.24, 2.45) is 0 Å². The number of aliphatic hydroxyl groups is 1. The molecule has 0 radical (unpaired) electrons. The molecule has 0 atom stereocenters. The van der Waals surface area contributed by atoms with E-state index in [1.807, 2.05) is 23.1 Å². The highest BCUT2D eigenvalue weighted by atomic mass is 16.3. The van der Waals surface area contributed by atoms with E-state index in [9.17, 15) is 9.90 Å². The molecule has 1 saturated heterocycles. The van der Waals surface area contributed by atoms with Crippen molar-refractivity contribution in [2.75, 3.05) is 19.6 Å². The molecule has 0 unspecified atom stereocenters. The number of hydrogen-bond acceptors (Lipinski definition) is 3. The van der Waals surface area contributed by atoms with Crippen LogP contribution in [0.15, 0.2) is 30.3 Å². The zero-order valence-corrected chi connectivity index (χ0v) is 12.4. The average Bonchev–Trinajstić information content (AvgIpc) is 3.33. The number of nitrogens with zero attached hydrogens (tertiary/aromatic N) is 2. The molecule has 1 saturated carbocycles. The van der Waals surface area contributed by atoms with E-state index >= 15 is 0 Å². The van der Waals surface area contributed by atoms with Crippen LogP contribution in [0, 0.1) is 0 Å². The van der Waals surface area contributed by atoms with Crippen LogP contribution in [0.1, 0.15) is 31.2 Å². The number of carbonyl (C=O) groups excluding carboxylic acids is 1. The standard InChI is InChI=1S/C17H24N2O2/c20-16-8-10-18(11-9-16)13-17(21)19(15-6-7-15)12-14-4-2-1-3-5-14/h1-5,15-16,20H,6-13H2. The smallest absolute Gasteiger partial charge is 0.237 e. The number of rotatable bonds is 5. The summed E-state index contributed by atoms with van der Waals surface area (Å²) in [6, 6.07) is 10.7. The predicted molar refractivity (Wildman–Crippen MR) is 81.7 cm³/mol. The maximum absolute atomic E-state index is 12.6. The van der Waals surface area contributed by atoms with Crippen molar-refractivity contribution in [3.05, 3.63) is 35.9 Å². The predicted octanol–water partition coefficient (Wildman–Crippen LogP) is 1.63. The molecular weight excluding hydrogens is 264 g/mol. The molecule has 1 aliphatic heterocycles. The highest BCUT2D eigenvalue weighted by molar-refractivity contribution is 5.79. The van der Waals surface area contributed by atoms with Crippen LogP contribution in [0.5, 0.6) is 0 Å². The molecule has 4 nitrogen and oxygen atoms in total. The summed E-state index contributed by atoms with van der Waals surface area (Å²) in [5.74, 6) is 0.234. The first-order chi connectivity index (χ1) is 10.2. The van der Waals surface area contributed by atoms with Gasteiger partial charge in [0.05, 0.1) is 12.6 Å². The minimum Gasteiger partial charge on any atom is -0.393 e. The lowest BCUT2D eigenvalue weighted by Crippen LogP contribution is -2.44. The molecule has 0 aromatic heterocycles. The molecule has 21 heavy (non-hydrogen) atoms. The van der Waals surface area contributed by atoms with E-state index in [0.717, 1.165) is 45.3 Å². The zero-order valence-electron chi connectivity index (χ0n) is 12.4. The van der Waals surface area contributed by atoms with E-state index in [2.05, 4.69) is 17.0 Å². The quantitative estimate of drug-likeness (QED) is 0.895. The van der Waals surface area contributed by atoms with Crippen LogP contribution in [-0.2, 0) is 11.3 Å². The van der Waals surface area contributed by atoms with Gasteiger partial charge < -0.3 is 10.0 Å². The lowest BCUT2D eigenvalue weighted by molar-refractivity contribution is -0.134. The van der Waals surface area contributed by atoms with Crippen molar-refractivity contribution in [2.45, 2.75) is 44.4 Å². The molecule has 4 heteroatoms. The van der Waals surface area contributed by atoms with E-state index in [-0.39, 0.29) is 12.0 Å². The summed E-state index contributed by atoms with van der Waals surface area (Å²) in [6.45, 7) is 2.88. The van der Waals surface area contributed by atoms with E-state index in [4.69, 9.17) is 0 Å². The summed E-state index contributed by atoms with van der Waals surface area (Å²) in [7, 11) is 0. The van der Waals surface area contributed by atoms with Gasteiger partial charge in [-0.15, -0.1) is 0 Å². The largest absolute Gasteiger partial charge is 0.393 e. The monoisotopic (exact) mass is 288 g/mol. The number of carbonyl (C=O) groups is 1. The van der Waals surface area contributed by atoms with Gasteiger partial charge in [0.2, 0.25) is 5.91 Å². The third-order valence-electron chi connectivity index (χ3n) is 4.42. The Morgan fingerprint density at radius 3 is 2.43 bits per heavy atom. The molecular formula is C17H24N2O2. The van der Waals surface area contributed by atoms with E-state index < -0.39 is 0 Å². The van der Waals surface area contributed by atoms with Crippen molar-refractivity contribution < 1.29 is 9.90 Å². The molecule has 0 bridgehead atoms. The fourth-order valence-corrected chi connectivity index (χ4v) is 2.95. The summed E-state index contributed by atoms with van der Waals surface area (Å²) >= 11 is 0. The van der Waals surface area contributed by atoms with Gasteiger partial charge in [0.15, 0.2) is 0 Å². The number of hydrogen-bond donors (Lipinski definition) is 1. The van der Waals surface area contributed by atoms with E-state index in [1.54, 1.807) is 0 Å². The van der Waals surface area contributed by atoms with E-state index in [0.29, 0.717) is 12.6 Å². The minimum absolute atomic E-state index is 0.180. The van der Waals surface area contributed by atoms with Gasteiger partial charge in [-0.1, -0.05) is 30.3 Å². The zero-order chi connectivity index (χ0) is 14.7. The maximum Gasteiger partial charge on any atom is 0.237 e. The molecule has 2 fully saturated rings. The fraction of sp³-hybridized carbons (Fsp3) is 0.588. The highest BCUT2D eigenvalue weighted by Gasteiger charge is 2.33. The number of amides is 1. The summed E-state index contributed by atoms with van der Waals surface area (Å²) in [5, 5.41) is 9.54. The first kappa shape index (κ1) is 14.5. The van der Waals surface area contributed by atoms with Crippen LogP contribution < -0.4 is 0 Å². The first-order valence-corrected chi connectivity index (χ1v) is 7.96. The van der Waals surface area contributed by atoms with Crippen molar-refractivity contribution >= 4 is 5.91 Å². The van der Waals surface area contributed by atoms with Crippen molar-refractivity contribution in [3.63, 3.8) is 0 Å². The first-order valence-electron chi connectivity index (χ1n) is 7.96. The summed E-state index contributed by atoms with van der Waals surface area (Å²) in [5.41, 5.74) is 1.20. The van der Waals surface area contributed by atoms with Crippen LogP contribution in [0.3, 0.4) is 0 Å². The second-order valence-corrected chi connectivity index (χ2v) is 6.25. The van der Waals surface area contributed by atoms with Gasteiger partial charge in [0.25, 0.3) is 0 Å². The van der Waals surface area contributed by atoms with Crippen LogP contribution in [0.4, 0.5) is 0 Å². The minimum atomic E-state index is -0.180. The Hall–Kier alpha value is -1.39. The van der Waals surface area contributed by atoms with Crippen LogP contribution in [0.2, 0.25) is 0 Å². The number of likely N-dealkylation sites (tertiary alicyclic amines) is 1. The molecule has 1 N–H and O–H groups in total. The van der Waals surface area contributed by atoms with Gasteiger partial charge in [-0.25, -0.2) is 0 Å². The molecule has 1 heterocycles. The Morgan fingerprint density at radius 1 is 1.14 bits per heavy atom. The Kier molecular flexibility index (Phi) is 4.56. The summed E-state index contributed by atoms with van der Waals surface area (Å²) in [6.07, 6.45) is 3.67. The third kappa shape index (κ3) is 4.05. The highest BCUT2D eigenvalue weighted by Crippen LogP contribution is 2.28. The second-order valence-electron chi connectivity index (χ2n) is 6.25. The number of benzene rings is 1. The molecule has 0 spiro atoms. The van der Waals surface area contributed by atoms with Crippen molar-refractivity contribution in [1.29, 1.82) is 0 Å². The molecule has 1 amide bonds. The molecule has 114 valence electrons. The Bertz CT molecular complexity index is 465. The van der Waals surface area contributed by atoms with Crippen LogP contribution in [0.25, 0.3) is 0 Å². The topological polar surface area (TPSA) is 43.8 Å². The Morgan fingerprint density at radius 2 is 1.81 bits per heavy atom. The van der Waals surface area contributed by atoms with Gasteiger partial charge in [0, 0.05) is 25.7 Å². The van der Waals surface area contributed by atoms with Crippen LogP contribution in [-0.4, -0.2) is 52.6 Å². The SMILES string of the molecule is O=C(CN1CCC(O)CC1)N(Cc1ccccc1)C1CC1. The summed E-state index contributed by atoms with van der Waals surface area (Å²) in [4.78, 5) is 16.8. The van der Waals surface area contributed by atoms with E-state index in [1.165, 1.54) is 5.56 Å². The van der Waals surface area contributed by atoms with Crippen molar-refractivity contribution in [3.8, 4) is 0 Å². The molecule has 1 aromatic rings. The van der Waals surface area contributed by atoms with Gasteiger partial charge in [0.1, 0.15) is 0 Å². The lowest BCUT2D eigenvalue weighted by Gasteiger charge is -2.31. The van der Waals surface area contributed by atoms with Gasteiger partial charge in [-0.05, 0) is 31.2 Å². The fourth-order valence-electron chi connectivity index (χ4n) is 2.95. The summed E-state index contributed by atoms with van der Waals surface area (Å²) < 4.78 is 0. The Balaban J connectivity index is 1.57. The van der Waals surface area contributed by atoms with Crippen LogP contribution >= 0.6 is 0 Å². The molecule has 1 aliphatic carbocycles. The maximum atomic E-state index is 12.6. The van der Waals surface area contributed by atoms with Gasteiger partial charge in [-0.2, -0.15) is 0 Å². The Labute approximate surface area is 126 Å².